The molecule has 0 radical (unpaired) electrons. The highest BCUT2D eigenvalue weighted by Crippen LogP contribution is 2.33. The monoisotopic (exact) mass is 499 g/mol. The van der Waals surface area contributed by atoms with Gasteiger partial charge in [0, 0.05) is 18.6 Å². The largest absolute Gasteiger partial charge is 0.495 e. The predicted octanol–water partition coefficient (Wildman–Crippen LogP) is 2.81. The van der Waals surface area contributed by atoms with Gasteiger partial charge < -0.3 is 15.0 Å². The van der Waals surface area contributed by atoms with Crippen molar-refractivity contribution in [1.29, 1.82) is 0 Å². The summed E-state index contributed by atoms with van der Waals surface area (Å²) in [4.78, 5) is 27.2. The fourth-order valence-electron chi connectivity index (χ4n) is 3.33. The molecule has 0 aliphatic heterocycles. The normalized spacial score (nSPS) is 12.1. The third kappa shape index (κ3) is 6.82. The summed E-state index contributed by atoms with van der Waals surface area (Å²) < 4.78 is 44.7. The molecule has 1 N–H and O–H groups in total. The Bertz CT molecular complexity index is 1100. The van der Waals surface area contributed by atoms with Gasteiger partial charge in [0.1, 0.15) is 24.2 Å². The molecule has 0 heterocycles. The maximum Gasteiger partial charge on any atom is 0.244 e. The van der Waals surface area contributed by atoms with Crippen molar-refractivity contribution in [2.24, 2.45) is 0 Å². The number of methoxy groups -OCH3 is 1. The first-order chi connectivity index (χ1) is 15.5. The number of hydrogen-bond acceptors (Lipinski definition) is 5. The molecule has 0 saturated carbocycles. The number of benzene rings is 2. The van der Waals surface area contributed by atoms with Crippen LogP contribution >= 0.6 is 11.6 Å². The van der Waals surface area contributed by atoms with E-state index in [1.807, 2.05) is 0 Å². The lowest BCUT2D eigenvalue weighted by atomic mass is 10.1. The molecular weight excluding hydrogens is 473 g/mol. The number of sulfonamides is 1. The average Bonchev–Trinajstić information content (AvgIpc) is 2.77. The highest BCUT2D eigenvalue weighted by atomic mass is 35.5. The van der Waals surface area contributed by atoms with Gasteiger partial charge in [0.15, 0.2) is 0 Å². The van der Waals surface area contributed by atoms with Gasteiger partial charge in [0.05, 0.1) is 19.1 Å². The molecule has 1 atom stereocenters. The Morgan fingerprint density at radius 1 is 1.18 bits per heavy atom. The topological polar surface area (TPSA) is 96.0 Å². The molecule has 0 fully saturated rings. The number of halogens is 2. The third-order valence-electron chi connectivity index (χ3n) is 4.99. The summed E-state index contributed by atoms with van der Waals surface area (Å²) >= 11 is 6.06. The van der Waals surface area contributed by atoms with Gasteiger partial charge in [-0.25, -0.2) is 12.8 Å². The minimum absolute atomic E-state index is 0.0185. The Balaban J connectivity index is 2.49. The van der Waals surface area contributed by atoms with E-state index < -0.39 is 40.2 Å². The van der Waals surface area contributed by atoms with E-state index >= 15 is 0 Å². The molecule has 0 spiro atoms. The van der Waals surface area contributed by atoms with Crippen LogP contribution in [0.3, 0.4) is 0 Å². The van der Waals surface area contributed by atoms with Crippen LogP contribution in [0.5, 0.6) is 5.75 Å². The second-order valence-electron chi connectivity index (χ2n) is 7.27. The highest BCUT2D eigenvalue weighted by molar-refractivity contribution is 7.92. The summed E-state index contributed by atoms with van der Waals surface area (Å²) in [6.07, 6.45) is 1.24. The van der Waals surface area contributed by atoms with Crippen LogP contribution in [0.25, 0.3) is 0 Å². The standard InChI is InChI=1S/C22H27ClFN3O5S/c1-5-18(22(29)25-2)26(13-15-6-9-17(24)10-7-15)21(28)14-27(33(4,30)31)19-12-16(23)8-11-20(19)32-3/h6-12,18H,5,13-14H2,1-4H3,(H,25,29)/t18-/m1/s1. The molecule has 2 aromatic rings. The first-order valence-corrected chi connectivity index (χ1v) is 12.3. The molecule has 8 nitrogen and oxygen atoms in total. The van der Waals surface area contributed by atoms with Crippen LogP contribution in [0.4, 0.5) is 10.1 Å². The Morgan fingerprint density at radius 2 is 1.82 bits per heavy atom. The minimum atomic E-state index is -3.94. The summed E-state index contributed by atoms with van der Waals surface area (Å²) in [5, 5.41) is 2.78. The molecule has 11 heteroatoms. The molecule has 180 valence electrons. The Labute approximate surface area is 198 Å². The van der Waals surface area contributed by atoms with Crippen molar-refractivity contribution >= 4 is 39.1 Å². The van der Waals surface area contributed by atoms with Crippen molar-refractivity contribution in [2.45, 2.75) is 25.9 Å². The Kier molecular flexibility index (Phi) is 9.07. The molecule has 0 aliphatic carbocycles. The van der Waals surface area contributed by atoms with E-state index in [0.29, 0.717) is 5.56 Å². The molecule has 2 aromatic carbocycles. The van der Waals surface area contributed by atoms with Crippen LogP contribution in [-0.2, 0) is 26.2 Å². The molecule has 0 unspecified atom stereocenters. The number of anilines is 1. The summed E-state index contributed by atoms with van der Waals surface area (Å²) in [6.45, 7) is 1.12. The maximum atomic E-state index is 13.4. The SMILES string of the molecule is CC[C@H](C(=O)NC)N(Cc1ccc(F)cc1)C(=O)CN(c1cc(Cl)ccc1OC)S(C)(=O)=O. The fourth-order valence-corrected chi connectivity index (χ4v) is 4.34. The van der Waals surface area contributed by atoms with Gasteiger partial charge in [0.25, 0.3) is 0 Å². The second-order valence-corrected chi connectivity index (χ2v) is 9.62. The first kappa shape index (κ1) is 26.4. The summed E-state index contributed by atoms with van der Waals surface area (Å²) in [5.74, 6) is -1.26. The molecule has 33 heavy (non-hydrogen) atoms. The molecule has 2 amide bonds. The number of hydrogen-bond donors (Lipinski definition) is 1. The van der Waals surface area contributed by atoms with Crippen molar-refractivity contribution in [1.82, 2.24) is 10.2 Å². The van der Waals surface area contributed by atoms with Crippen molar-refractivity contribution in [2.75, 3.05) is 31.3 Å². The van der Waals surface area contributed by atoms with E-state index in [0.717, 1.165) is 10.6 Å². The van der Waals surface area contributed by atoms with Gasteiger partial charge >= 0.3 is 0 Å². The maximum absolute atomic E-state index is 13.4. The van der Waals surface area contributed by atoms with Crippen LogP contribution in [0.15, 0.2) is 42.5 Å². The first-order valence-electron chi connectivity index (χ1n) is 10.1. The number of carbonyl (C=O) groups excluding carboxylic acids is 2. The number of amides is 2. The molecule has 0 aliphatic rings. The van der Waals surface area contributed by atoms with Crippen LogP contribution < -0.4 is 14.4 Å². The van der Waals surface area contributed by atoms with E-state index in [2.05, 4.69) is 5.32 Å². The number of nitrogens with one attached hydrogen (secondary N) is 1. The van der Waals surface area contributed by atoms with E-state index in [9.17, 15) is 22.4 Å². The lowest BCUT2D eigenvalue weighted by Gasteiger charge is -2.32. The van der Waals surface area contributed by atoms with E-state index in [4.69, 9.17) is 16.3 Å². The van der Waals surface area contributed by atoms with Gasteiger partial charge in [-0.3, -0.25) is 13.9 Å². The fraction of sp³-hybridized carbons (Fsp3) is 0.364. The molecular formula is C22H27ClFN3O5S. The molecule has 0 bridgehead atoms. The predicted molar refractivity (Wildman–Crippen MR) is 125 cm³/mol. The van der Waals surface area contributed by atoms with Gasteiger partial charge in [-0.2, -0.15) is 0 Å². The lowest BCUT2D eigenvalue weighted by Crippen LogP contribution is -2.51. The zero-order valence-corrected chi connectivity index (χ0v) is 20.4. The van der Waals surface area contributed by atoms with Crippen molar-refractivity contribution in [3.63, 3.8) is 0 Å². The highest BCUT2D eigenvalue weighted by Gasteiger charge is 2.32. The summed E-state index contributed by atoms with van der Waals surface area (Å²) in [7, 11) is -1.12. The van der Waals surface area contributed by atoms with Crippen molar-refractivity contribution in [3.8, 4) is 5.75 Å². The Morgan fingerprint density at radius 3 is 2.33 bits per heavy atom. The summed E-state index contributed by atoms with van der Waals surface area (Å²) in [6, 6.07) is 9.05. The van der Waals surface area contributed by atoms with Crippen LogP contribution in [0.1, 0.15) is 18.9 Å². The second kappa shape index (κ2) is 11.3. The lowest BCUT2D eigenvalue weighted by molar-refractivity contribution is -0.140. The van der Waals surface area contributed by atoms with Crippen LogP contribution in [0, 0.1) is 5.82 Å². The number of rotatable bonds is 10. The van der Waals surface area contributed by atoms with Crippen LogP contribution in [-0.4, -0.2) is 58.1 Å². The quantitative estimate of drug-likeness (QED) is 0.542. The minimum Gasteiger partial charge on any atom is -0.495 e. The van der Waals surface area contributed by atoms with Gasteiger partial charge in [-0.05, 0) is 42.3 Å². The number of nitrogens with zero attached hydrogens (tertiary/aromatic N) is 2. The number of ether oxygens (including phenoxy) is 1. The van der Waals surface area contributed by atoms with Crippen molar-refractivity contribution < 1.29 is 27.1 Å². The molecule has 0 saturated heterocycles. The molecule has 0 aromatic heterocycles. The zero-order valence-electron chi connectivity index (χ0n) is 18.8. The van der Waals surface area contributed by atoms with E-state index in [-0.39, 0.29) is 29.4 Å². The average molecular weight is 500 g/mol. The Hall–Kier alpha value is -2.85. The van der Waals surface area contributed by atoms with Gasteiger partial charge in [-0.1, -0.05) is 30.7 Å². The smallest absolute Gasteiger partial charge is 0.244 e. The number of likely N-dealkylation sites (N-methyl/N-ethyl adjacent to an activating group) is 1. The summed E-state index contributed by atoms with van der Waals surface area (Å²) in [5.41, 5.74) is 0.675. The van der Waals surface area contributed by atoms with Gasteiger partial charge in [0.2, 0.25) is 21.8 Å². The van der Waals surface area contributed by atoms with E-state index in [1.165, 1.54) is 61.5 Å². The molecule has 2 rings (SSSR count). The van der Waals surface area contributed by atoms with Crippen LogP contribution in [0.2, 0.25) is 5.02 Å². The van der Waals surface area contributed by atoms with Crippen molar-refractivity contribution in [3.05, 3.63) is 58.9 Å². The zero-order chi connectivity index (χ0) is 24.8. The third-order valence-corrected chi connectivity index (χ3v) is 6.35. The number of carbonyl (C=O) groups is 2. The van der Waals surface area contributed by atoms with E-state index in [1.54, 1.807) is 6.92 Å². The van der Waals surface area contributed by atoms with Gasteiger partial charge in [-0.15, -0.1) is 0 Å².